The molecule has 2 amide bonds. The normalized spacial score (nSPS) is 18.0. The fraction of sp³-hybridized carbons (Fsp3) is 0.556. The minimum Gasteiger partial charge on any atom is -0.379 e. The summed E-state index contributed by atoms with van der Waals surface area (Å²) < 4.78 is 32.5. The number of thioether (sulfide) groups is 1. The number of carbonyl (C=O) groups is 2. The van der Waals surface area contributed by atoms with Crippen molar-refractivity contribution in [1.29, 1.82) is 0 Å². The summed E-state index contributed by atoms with van der Waals surface area (Å²) in [6, 6.07) is 4.77. The fourth-order valence-electron chi connectivity index (χ4n) is 3.06. The molecule has 0 bridgehead atoms. The lowest BCUT2D eigenvalue weighted by Crippen LogP contribution is -2.44. The van der Waals surface area contributed by atoms with Crippen LogP contribution >= 0.6 is 11.8 Å². The molecule has 0 aliphatic carbocycles. The van der Waals surface area contributed by atoms with Crippen molar-refractivity contribution in [3.05, 3.63) is 18.2 Å². The Bertz CT molecular complexity index is 838. The average molecular weight is 428 g/mol. The number of amides is 2. The second-order valence-electron chi connectivity index (χ2n) is 6.62. The van der Waals surface area contributed by atoms with Crippen molar-refractivity contribution in [1.82, 2.24) is 9.62 Å². The lowest BCUT2D eigenvalue weighted by Gasteiger charge is -2.30. The van der Waals surface area contributed by atoms with Gasteiger partial charge in [0.25, 0.3) is 0 Å². The molecule has 2 heterocycles. The topological polar surface area (TPSA) is 96.0 Å². The fourth-order valence-corrected chi connectivity index (χ4v) is 5.40. The summed E-state index contributed by atoms with van der Waals surface area (Å²) in [6.45, 7) is 3.81. The van der Waals surface area contributed by atoms with Gasteiger partial charge in [0, 0.05) is 24.5 Å². The molecule has 1 aromatic carbocycles. The Morgan fingerprint density at radius 3 is 2.75 bits per heavy atom. The van der Waals surface area contributed by atoms with Gasteiger partial charge in [-0.05, 0) is 24.6 Å². The van der Waals surface area contributed by atoms with E-state index < -0.39 is 10.0 Å². The Kier molecular flexibility index (Phi) is 6.97. The van der Waals surface area contributed by atoms with E-state index in [2.05, 4.69) is 5.32 Å². The van der Waals surface area contributed by atoms with Crippen LogP contribution < -0.4 is 10.2 Å². The maximum Gasteiger partial charge on any atom is 0.243 e. The third-order valence-corrected chi connectivity index (χ3v) is 7.58. The summed E-state index contributed by atoms with van der Waals surface area (Å²) in [4.78, 5) is 27.0. The Morgan fingerprint density at radius 1 is 1.29 bits per heavy atom. The Hall–Kier alpha value is -1.62. The molecule has 1 aromatic rings. The first-order chi connectivity index (χ1) is 13.4. The van der Waals surface area contributed by atoms with Gasteiger partial charge in [-0.2, -0.15) is 4.31 Å². The molecule has 10 heteroatoms. The Balaban J connectivity index is 1.84. The van der Waals surface area contributed by atoms with Crippen LogP contribution in [0.25, 0.3) is 0 Å². The predicted molar refractivity (Wildman–Crippen MR) is 107 cm³/mol. The Labute approximate surface area is 169 Å². The largest absolute Gasteiger partial charge is 0.379 e. The maximum atomic E-state index is 12.9. The third-order valence-electron chi connectivity index (χ3n) is 4.64. The summed E-state index contributed by atoms with van der Waals surface area (Å²) >= 11 is 1.35. The number of benzene rings is 1. The number of hydrogen-bond acceptors (Lipinski definition) is 6. The van der Waals surface area contributed by atoms with Gasteiger partial charge in [0.1, 0.15) is 6.54 Å². The molecule has 2 aliphatic heterocycles. The molecule has 1 saturated heterocycles. The SMILES string of the molecule is CCCCNC(=O)CN1C(=O)CSc2ccc(S(=O)(=O)N3CCOCC3)cc21. The van der Waals surface area contributed by atoms with Crippen molar-refractivity contribution >= 4 is 39.3 Å². The molecule has 28 heavy (non-hydrogen) atoms. The van der Waals surface area contributed by atoms with E-state index >= 15 is 0 Å². The highest BCUT2D eigenvalue weighted by molar-refractivity contribution is 8.00. The van der Waals surface area contributed by atoms with Crippen molar-refractivity contribution < 1.29 is 22.7 Å². The first-order valence-electron chi connectivity index (χ1n) is 9.35. The highest BCUT2D eigenvalue weighted by Gasteiger charge is 2.31. The van der Waals surface area contributed by atoms with E-state index in [1.807, 2.05) is 6.92 Å². The van der Waals surface area contributed by atoms with E-state index in [9.17, 15) is 18.0 Å². The summed E-state index contributed by atoms with van der Waals surface area (Å²) in [5.41, 5.74) is 0.473. The van der Waals surface area contributed by atoms with Gasteiger partial charge in [-0.3, -0.25) is 9.59 Å². The number of carbonyl (C=O) groups excluding carboxylic acids is 2. The molecule has 0 radical (unpaired) electrons. The quantitative estimate of drug-likeness (QED) is 0.654. The molecule has 0 atom stereocenters. The second kappa shape index (κ2) is 9.25. The van der Waals surface area contributed by atoms with Gasteiger partial charge in [-0.25, -0.2) is 8.42 Å². The number of fused-ring (bicyclic) bond motifs is 1. The van der Waals surface area contributed by atoms with Crippen LogP contribution in [0.4, 0.5) is 5.69 Å². The van der Waals surface area contributed by atoms with E-state index in [1.54, 1.807) is 12.1 Å². The molecule has 2 aliphatic rings. The lowest BCUT2D eigenvalue weighted by atomic mass is 10.2. The van der Waals surface area contributed by atoms with E-state index in [-0.39, 0.29) is 29.0 Å². The predicted octanol–water partition coefficient (Wildman–Crippen LogP) is 1.06. The number of rotatable bonds is 7. The number of nitrogens with one attached hydrogen (secondary N) is 1. The van der Waals surface area contributed by atoms with E-state index in [0.717, 1.165) is 17.7 Å². The number of sulfonamides is 1. The number of anilines is 1. The van der Waals surface area contributed by atoms with E-state index in [1.165, 1.54) is 27.0 Å². The van der Waals surface area contributed by atoms with Gasteiger partial charge in [0.05, 0.1) is 29.5 Å². The molecule has 3 rings (SSSR count). The van der Waals surface area contributed by atoms with Crippen LogP contribution in [0.3, 0.4) is 0 Å². The third kappa shape index (κ3) is 4.68. The van der Waals surface area contributed by atoms with Gasteiger partial charge < -0.3 is 15.0 Å². The van der Waals surface area contributed by atoms with Gasteiger partial charge >= 0.3 is 0 Å². The number of ether oxygens (including phenoxy) is 1. The molecule has 8 nitrogen and oxygen atoms in total. The number of hydrogen-bond donors (Lipinski definition) is 1. The smallest absolute Gasteiger partial charge is 0.243 e. The minimum atomic E-state index is -3.68. The Morgan fingerprint density at radius 2 is 2.04 bits per heavy atom. The molecular formula is C18H25N3O5S2. The van der Waals surface area contributed by atoms with E-state index in [0.29, 0.717) is 38.5 Å². The van der Waals surface area contributed by atoms with Gasteiger partial charge in [-0.1, -0.05) is 13.3 Å². The molecule has 1 N–H and O–H groups in total. The van der Waals surface area contributed by atoms with Crippen molar-refractivity contribution in [2.45, 2.75) is 29.6 Å². The highest BCUT2D eigenvalue weighted by Crippen LogP contribution is 2.37. The summed E-state index contributed by atoms with van der Waals surface area (Å²) in [7, 11) is -3.68. The first-order valence-corrected chi connectivity index (χ1v) is 11.8. The van der Waals surface area contributed by atoms with Crippen molar-refractivity contribution in [3.8, 4) is 0 Å². The number of unbranched alkanes of at least 4 members (excludes halogenated alkanes) is 1. The molecule has 154 valence electrons. The highest BCUT2D eigenvalue weighted by atomic mass is 32.2. The van der Waals surface area contributed by atoms with Crippen LogP contribution in [-0.2, 0) is 24.3 Å². The zero-order valence-corrected chi connectivity index (χ0v) is 17.5. The molecule has 0 unspecified atom stereocenters. The standard InChI is InChI=1S/C18H25N3O5S2/c1-2-3-6-19-17(22)12-21-15-11-14(4-5-16(15)27-13-18(21)23)28(24,25)20-7-9-26-10-8-20/h4-5,11H,2-3,6-10,12-13H2,1H3,(H,19,22). The van der Waals surface area contributed by atoms with Crippen LogP contribution in [0.15, 0.2) is 28.0 Å². The van der Waals surface area contributed by atoms with Crippen LogP contribution in [0, 0.1) is 0 Å². The minimum absolute atomic E-state index is 0.114. The van der Waals surface area contributed by atoms with Crippen molar-refractivity contribution in [2.24, 2.45) is 0 Å². The monoisotopic (exact) mass is 427 g/mol. The van der Waals surface area contributed by atoms with Gasteiger partial charge in [0.15, 0.2) is 0 Å². The maximum absolute atomic E-state index is 12.9. The summed E-state index contributed by atoms with van der Waals surface area (Å²) in [5.74, 6) is -0.227. The molecule has 1 fully saturated rings. The van der Waals surface area contributed by atoms with Crippen molar-refractivity contribution in [2.75, 3.05) is 50.0 Å². The van der Waals surface area contributed by atoms with Gasteiger partial charge in [0.2, 0.25) is 21.8 Å². The van der Waals surface area contributed by atoms with Crippen LogP contribution in [0.5, 0.6) is 0 Å². The molecule has 0 aromatic heterocycles. The summed E-state index contributed by atoms with van der Waals surface area (Å²) in [6.07, 6.45) is 1.83. The van der Waals surface area contributed by atoms with Crippen molar-refractivity contribution in [3.63, 3.8) is 0 Å². The van der Waals surface area contributed by atoms with Crippen LogP contribution in [0.2, 0.25) is 0 Å². The molecule has 0 saturated carbocycles. The van der Waals surface area contributed by atoms with Gasteiger partial charge in [-0.15, -0.1) is 11.8 Å². The summed E-state index contributed by atoms with van der Waals surface area (Å²) in [5, 5.41) is 2.80. The van der Waals surface area contributed by atoms with Crippen LogP contribution in [0.1, 0.15) is 19.8 Å². The number of morpholine rings is 1. The van der Waals surface area contributed by atoms with E-state index in [4.69, 9.17) is 4.74 Å². The molecular weight excluding hydrogens is 402 g/mol. The van der Waals surface area contributed by atoms with Crippen LogP contribution in [-0.4, -0.2) is 69.7 Å². The lowest BCUT2D eigenvalue weighted by molar-refractivity contribution is -0.123. The second-order valence-corrected chi connectivity index (χ2v) is 9.57. The first kappa shape index (κ1) is 21.1. The zero-order valence-electron chi connectivity index (χ0n) is 15.8. The zero-order chi connectivity index (χ0) is 20.1. The molecule has 0 spiro atoms. The average Bonchev–Trinajstić information content (AvgIpc) is 2.70. The number of nitrogens with zero attached hydrogens (tertiary/aromatic N) is 2.